The maximum atomic E-state index is 13.2. The van der Waals surface area contributed by atoms with Crippen LogP contribution in [0.15, 0.2) is 42.5 Å². The van der Waals surface area contributed by atoms with Crippen molar-refractivity contribution in [3.05, 3.63) is 53.1 Å². The van der Waals surface area contributed by atoms with Gasteiger partial charge in [-0.3, -0.25) is 14.5 Å². The van der Waals surface area contributed by atoms with Gasteiger partial charge in [0.25, 0.3) is 5.91 Å². The van der Waals surface area contributed by atoms with E-state index >= 15 is 0 Å². The van der Waals surface area contributed by atoms with Gasteiger partial charge in [0.2, 0.25) is 5.91 Å². The second kappa shape index (κ2) is 8.63. The van der Waals surface area contributed by atoms with Crippen LogP contribution in [0.5, 0.6) is 5.75 Å². The number of piperazine rings is 1. The largest absolute Gasteiger partial charge is 0.497 e. The Morgan fingerprint density at radius 2 is 1.72 bits per heavy atom. The Labute approximate surface area is 188 Å². The van der Waals surface area contributed by atoms with Crippen molar-refractivity contribution in [3.63, 3.8) is 0 Å². The summed E-state index contributed by atoms with van der Waals surface area (Å²) in [6.07, 6.45) is -4.75. The normalized spacial score (nSPS) is 20.2. The molecule has 0 unspecified atom stereocenters. The second-order valence-corrected chi connectivity index (χ2v) is 8.08. The van der Waals surface area contributed by atoms with E-state index in [1.807, 2.05) is 29.2 Å². The third-order valence-electron chi connectivity index (χ3n) is 5.81. The van der Waals surface area contributed by atoms with Crippen molar-refractivity contribution in [2.24, 2.45) is 0 Å². The van der Waals surface area contributed by atoms with E-state index in [1.54, 1.807) is 7.11 Å². The minimum atomic E-state index is -4.69. The molecule has 0 bridgehead atoms. The SMILES string of the molecule is COc1cccc(N2CCN([C@@H]3CC(=O)N(c4ccc(Cl)c(C(F)(F)F)c4)C3=O)CC2)c1. The highest BCUT2D eigenvalue weighted by molar-refractivity contribution is 6.31. The van der Waals surface area contributed by atoms with E-state index in [1.165, 1.54) is 6.07 Å². The number of hydrogen-bond donors (Lipinski definition) is 0. The van der Waals surface area contributed by atoms with E-state index < -0.39 is 34.6 Å². The number of methoxy groups -OCH3 is 1. The minimum absolute atomic E-state index is 0.0675. The maximum Gasteiger partial charge on any atom is 0.417 e. The van der Waals surface area contributed by atoms with Gasteiger partial charge in [0.1, 0.15) is 5.75 Å². The van der Waals surface area contributed by atoms with Crippen LogP contribution in [0.3, 0.4) is 0 Å². The van der Waals surface area contributed by atoms with Crippen molar-refractivity contribution in [2.45, 2.75) is 18.6 Å². The summed E-state index contributed by atoms with van der Waals surface area (Å²) >= 11 is 5.66. The Kier molecular flexibility index (Phi) is 6.05. The minimum Gasteiger partial charge on any atom is -0.497 e. The molecule has 1 atom stereocenters. The third-order valence-corrected chi connectivity index (χ3v) is 6.14. The summed E-state index contributed by atoms with van der Waals surface area (Å²) in [7, 11) is 1.60. The summed E-state index contributed by atoms with van der Waals surface area (Å²) in [5.74, 6) is -0.288. The van der Waals surface area contributed by atoms with Gasteiger partial charge in [0.05, 0.1) is 35.8 Å². The molecule has 32 heavy (non-hydrogen) atoms. The number of halogens is 4. The van der Waals surface area contributed by atoms with Crippen molar-refractivity contribution in [1.29, 1.82) is 0 Å². The van der Waals surface area contributed by atoms with Gasteiger partial charge in [0.15, 0.2) is 0 Å². The highest BCUT2D eigenvalue weighted by Crippen LogP contribution is 2.38. The molecular weight excluding hydrogens is 447 g/mol. The van der Waals surface area contributed by atoms with Crippen LogP contribution in [0.1, 0.15) is 12.0 Å². The molecule has 0 N–H and O–H groups in total. The van der Waals surface area contributed by atoms with Crippen LogP contribution >= 0.6 is 11.6 Å². The Balaban J connectivity index is 1.47. The molecule has 2 aliphatic rings. The fourth-order valence-corrected chi connectivity index (χ4v) is 4.37. The molecule has 6 nitrogen and oxygen atoms in total. The van der Waals surface area contributed by atoms with E-state index in [0.29, 0.717) is 26.2 Å². The lowest BCUT2D eigenvalue weighted by molar-refractivity contribution is -0.137. The standard InChI is InChI=1S/C22H21ClF3N3O3/c1-32-16-4-2-3-14(11-16)27-7-9-28(10-8-27)19-13-20(30)29(21(19)31)15-5-6-18(23)17(12-15)22(24,25)26/h2-6,11-12,19H,7-10,13H2,1H3/t19-/m1/s1. The van der Waals surface area contributed by atoms with Crippen LogP contribution in [0.2, 0.25) is 5.02 Å². The first-order chi connectivity index (χ1) is 15.2. The molecule has 2 aromatic rings. The van der Waals surface area contributed by atoms with Crippen molar-refractivity contribution >= 4 is 34.8 Å². The van der Waals surface area contributed by atoms with E-state index in [-0.39, 0.29) is 12.1 Å². The first-order valence-electron chi connectivity index (χ1n) is 10.1. The number of carbonyl (C=O) groups is 2. The number of amides is 2. The molecule has 0 spiro atoms. The molecule has 0 aliphatic carbocycles. The predicted octanol–water partition coefficient (Wildman–Crippen LogP) is 3.82. The molecule has 4 rings (SSSR count). The zero-order valence-corrected chi connectivity index (χ0v) is 18.0. The van der Waals surface area contributed by atoms with Gasteiger partial charge in [-0.2, -0.15) is 13.2 Å². The smallest absolute Gasteiger partial charge is 0.417 e. The fourth-order valence-electron chi connectivity index (χ4n) is 4.14. The molecule has 2 aromatic carbocycles. The zero-order valence-electron chi connectivity index (χ0n) is 17.2. The number of ether oxygens (including phenoxy) is 1. The van der Waals surface area contributed by atoms with Crippen molar-refractivity contribution < 1.29 is 27.5 Å². The lowest BCUT2D eigenvalue weighted by atomic mass is 10.1. The topological polar surface area (TPSA) is 53.1 Å². The highest BCUT2D eigenvalue weighted by atomic mass is 35.5. The number of anilines is 2. The number of imide groups is 1. The number of benzene rings is 2. The molecule has 0 saturated carbocycles. The van der Waals surface area contributed by atoms with E-state index in [4.69, 9.17) is 16.3 Å². The molecule has 10 heteroatoms. The quantitative estimate of drug-likeness (QED) is 0.640. The Bertz CT molecular complexity index is 1040. The fraction of sp³-hybridized carbons (Fsp3) is 0.364. The summed E-state index contributed by atoms with van der Waals surface area (Å²) < 4.78 is 44.9. The number of alkyl halides is 3. The monoisotopic (exact) mass is 467 g/mol. The predicted molar refractivity (Wildman–Crippen MR) is 114 cm³/mol. The van der Waals surface area contributed by atoms with Crippen LogP contribution < -0.4 is 14.5 Å². The molecule has 0 radical (unpaired) electrons. The van der Waals surface area contributed by atoms with Gasteiger partial charge in [-0.15, -0.1) is 0 Å². The Morgan fingerprint density at radius 1 is 1.00 bits per heavy atom. The Morgan fingerprint density at radius 3 is 2.38 bits per heavy atom. The first kappa shape index (κ1) is 22.4. The number of carbonyl (C=O) groups excluding carboxylic acids is 2. The summed E-state index contributed by atoms with van der Waals surface area (Å²) in [6, 6.07) is 10.0. The van der Waals surface area contributed by atoms with Crippen LogP contribution in [-0.2, 0) is 15.8 Å². The summed E-state index contributed by atoms with van der Waals surface area (Å²) in [5.41, 5.74) is -0.192. The van der Waals surface area contributed by atoms with E-state index in [2.05, 4.69) is 4.90 Å². The van der Waals surface area contributed by atoms with Crippen LogP contribution in [0.4, 0.5) is 24.5 Å². The summed E-state index contributed by atoms with van der Waals surface area (Å²) in [4.78, 5) is 30.5. The summed E-state index contributed by atoms with van der Waals surface area (Å²) in [6.45, 7) is 2.38. The highest BCUT2D eigenvalue weighted by Gasteiger charge is 2.44. The van der Waals surface area contributed by atoms with Crippen molar-refractivity contribution in [3.8, 4) is 5.75 Å². The maximum absolute atomic E-state index is 13.2. The average molecular weight is 468 g/mol. The molecule has 2 saturated heterocycles. The van der Waals surface area contributed by atoms with Crippen LogP contribution in [0, 0.1) is 0 Å². The lowest BCUT2D eigenvalue weighted by Gasteiger charge is -2.38. The van der Waals surface area contributed by atoms with Crippen LogP contribution in [0.25, 0.3) is 0 Å². The molecule has 2 fully saturated rings. The second-order valence-electron chi connectivity index (χ2n) is 7.67. The molecule has 2 aliphatic heterocycles. The van der Waals surface area contributed by atoms with Gasteiger partial charge in [-0.25, -0.2) is 4.90 Å². The van der Waals surface area contributed by atoms with E-state index in [0.717, 1.165) is 28.5 Å². The van der Waals surface area contributed by atoms with Gasteiger partial charge < -0.3 is 9.64 Å². The van der Waals surface area contributed by atoms with Crippen LogP contribution in [-0.4, -0.2) is 56.0 Å². The van der Waals surface area contributed by atoms with E-state index in [9.17, 15) is 22.8 Å². The number of rotatable bonds is 4. The molecule has 0 aromatic heterocycles. The zero-order chi connectivity index (χ0) is 23.0. The number of nitrogens with zero attached hydrogens (tertiary/aromatic N) is 3. The van der Waals surface area contributed by atoms with Crippen molar-refractivity contribution in [1.82, 2.24) is 4.90 Å². The average Bonchev–Trinajstić information content (AvgIpc) is 3.07. The van der Waals surface area contributed by atoms with Gasteiger partial charge in [0, 0.05) is 37.9 Å². The van der Waals surface area contributed by atoms with Gasteiger partial charge in [-0.1, -0.05) is 17.7 Å². The van der Waals surface area contributed by atoms with Gasteiger partial charge in [-0.05, 0) is 30.3 Å². The summed E-state index contributed by atoms with van der Waals surface area (Å²) in [5, 5.41) is -0.481. The Hall–Kier alpha value is -2.78. The van der Waals surface area contributed by atoms with Gasteiger partial charge >= 0.3 is 6.18 Å². The molecule has 170 valence electrons. The first-order valence-corrected chi connectivity index (χ1v) is 10.4. The number of hydrogen-bond acceptors (Lipinski definition) is 5. The molecular formula is C22H21ClF3N3O3. The third kappa shape index (κ3) is 4.27. The molecule has 2 heterocycles. The lowest BCUT2D eigenvalue weighted by Crippen LogP contribution is -2.52. The van der Waals surface area contributed by atoms with Crippen molar-refractivity contribution in [2.75, 3.05) is 43.1 Å². The molecule has 2 amide bonds.